The van der Waals surface area contributed by atoms with Crippen molar-refractivity contribution in [2.75, 3.05) is 6.61 Å². The number of rotatable bonds is 6. The van der Waals surface area contributed by atoms with Crippen LogP contribution in [0.3, 0.4) is 0 Å². The molecule has 0 saturated carbocycles. The Morgan fingerprint density at radius 2 is 1.76 bits per heavy atom. The number of amides is 3. The SMILES string of the molecule is CCOC(=O)c1[nH]c(C)c(C(=O)O[C@H](C(=O)NC(N)=O)C(C)C)c1C. The predicted octanol–water partition coefficient (Wildman–Crippen LogP) is 1.18. The second-order valence-electron chi connectivity index (χ2n) is 5.77. The Bertz CT molecular complexity index is 692. The number of carbonyl (C=O) groups is 4. The van der Waals surface area contributed by atoms with Crippen molar-refractivity contribution in [1.29, 1.82) is 0 Å². The van der Waals surface area contributed by atoms with Crippen LogP contribution in [0.2, 0.25) is 0 Å². The third-order valence-electron chi connectivity index (χ3n) is 3.47. The number of carbonyl (C=O) groups excluding carboxylic acids is 4. The summed E-state index contributed by atoms with van der Waals surface area (Å²) in [5, 5.41) is 1.89. The molecule has 3 amide bonds. The quantitative estimate of drug-likeness (QED) is 0.656. The summed E-state index contributed by atoms with van der Waals surface area (Å²) in [6.07, 6.45) is -1.21. The van der Waals surface area contributed by atoms with Crippen molar-refractivity contribution in [1.82, 2.24) is 10.3 Å². The molecule has 0 bridgehead atoms. The van der Waals surface area contributed by atoms with E-state index in [1.54, 1.807) is 34.6 Å². The van der Waals surface area contributed by atoms with Gasteiger partial charge in [0.05, 0.1) is 12.2 Å². The van der Waals surface area contributed by atoms with Gasteiger partial charge in [-0.05, 0) is 32.3 Å². The van der Waals surface area contributed by atoms with Crippen molar-refractivity contribution < 1.29 is 28.7 Å². The molecule has 0 fully saturated rings. The molecule has 0 spiro atoms. The Labute approximate surface area is 145 Å². The molecule has 9 heteroatoms. The van der Waals surface area contributed by atoms with E-state index in [1.165, 1.54) is 0 Å². The Hall–Kier alpha value is -2.84. The maximum Gasteiger partial charge on any atom is 0.355 e. The molecule has 1 atom stereocenters. The topological polar surface area (TPSA) is 141 Å². The fourth-order valence-corrected chi connectivity index (χ4v) is 2.32. The Morgan fingerprint density at radius 3 is 2.24 bits per heavy atom. The molecule has 0 aliphatic heterocycles. The van der Waals surface area contributed by atoms with E-state index in [2.05, 4.69) is 4.98 Å². The van der Waals surface area contributed by atoms with E-state index in [1.807, 2.05) is 5.32 Å². The smallest absolute Gasteiger partial charge is 0.355 e. The zero-order valence-electron chi connectivity index (χ0n) is 14.9. The molecule has 0 radical (unpaired) electrons. The molecular weight excluding hydrogens is 330 g/mol. The van der Waals surface area contributed by atoms with Gasteiger partial charge in [-0.15, -0.1) is 0 Å². The molecule has 0 aliphatic carbocycles. The van der Waals surface area contributed by atoms with Gasteiger partial charge in [-0.3, -0.25) is 10.1 Å². The summed E-state index contributed by atoms with van der Waals surface area (Å²) < 4.78 is 10.2. The standard InChI is InChI=1S/C16H23N3O6/c1-6-24-15(22)11-8(4)10(9(5)18-11)14(21)25-12(7(2)3)13(20)19-16(17)23/h7,12,18H,6H2,1-5H3,(H3,17,19,20,23)/t12-/m0/s1. The Morgan fingerprint density at radius 1 is 1.16 bits per heavy atom. The summed E-state index contributed by atoms with van der Waals surface area (Å²) >= 11 is 0. The number of nitrogens with two attached hydrogens (primary N) is 1. The van der Waals surface area contributed by atoms with Crippen LogP contribution < -0.4 is 11.1 Å². The number of aryl methyl sites for hydroxylation is 1. The first-order valence-corrected chi connectivity index (χ1v) is 7.77. The van der Waals surface area contributed by atoms with Gasteiger partial charge in [-0.2, -0.15) is 0 Å². The van der Waals surface area contributed by atoms with E-state index in [-0.39, 0.29) is 17.9 Å². The summed E-state index contributed by atoms with van der Waals surface area (Å²) in [4.78, 5) is 50.0. The third kappa shape index (κ3) is 4.82. The lowest BCUT2D eigenvalue weighted by Gasteiger charge is -2.20. The molecule has 1 heterocycles. The number of hydrogen-bond donors (Lipinski definition) is 3. The minimum Gasteiger partial charge on any atom is -0.461 e. The van der Waals surface area contributed by atoms with Gasteiger partial charge in [-0.1, -0.05) is 13.8 Å². The van der Waals surface area contributed by atoms with E-state index in [0.29, 0.717) is 11.3 Å². The predicted molar refractivity (Wildman–Crippen MR) is 88.0 cm³/mol. The van der Waals surface area contributed by atoms with Gasteiger partial charge in [0.2, 0.25) is 0 Å². The van der Waals surface area contributed by atoms with Gasteiger partial charge in [-0.25, -0.2) is 14.4 Å². The number of esters is 2. The van der Waals surface area contributed by atoms with Crippen LogP contribution in [0.5, 0.6) is 0 Å². The summed E-state index contributed by atoms with van der Waals surface area (Å²) in [5.74, 6) is -2.59. The second kappa shape index (κ2) is 8.32. The van der Waals surface area contributed by atoms with Crippen molar-refractivity contribution in [2.45, 2.75) is 40.7 Å². The highest BCUT2D eigenvalue weighted by molar-refractivity contribution is 6.01. The molecule has 1 rings (SSSR count). The second-order valence-corrected chi connectivity index (χ2v) is 5.77. The van der Waals surface area contributed by atoms with Gasteiger partial charge in [0, 0.05) is 5.69 Å². The van der Waals surface area contributed by atoms with Crippen molar-refractivity contribution in [3.05, 3.63) is 22.5 Å². The van der Waals surface area contributed by atoms with E-state index in [0.717, 1.165) is 0 Å². The summed E-state index contributed by atoms with van der Waals surface area (Å²) in [6, 6.07) is -1.04. The van der Waals surface area contributed by atoms with E-state index < -0.39 is 35.9 Å². The third-order valence-corrected chi connectivity index (χ3v) is 3.47. The normalized spacial score (nSPS) is 11.8. The Balaban J connectivity index is 3.08. The van der Waals surface area contributed by atoms with Crippen LogP contribution in [0, 0.1) is 19.8 Å². The first-order chi connectivity index (χ1) is 11.6. The average molecular weight is 353 g/mol. The monoisotopic (exact) mass is 353 g/mol. The van der Waals surface area contributed by atoms with Crippen LogP contribution in [-0.2, 0) is 14.3 Å². The average Bonchev–Trinajstić information content (AvgIpc) is 2.78. The van der Waals surface area contributed by atoms with Crippen LogP contribution >= 0.6 is 0 Å². The highest BCUT2D eigenvalue weighted by Gasteiger charge is 2.31. The molecule has 25 heavy (non-hydrogen) atoms. The van der Waals surface area contributed by atoms with Crippen LogP contribution in [-0.4, -0.2) is 41.6 Å². The zero-order valence-corrected chi connectivity index (χ0v) is 14.9. The number of H-pyrrole nitrogens is 1. The fraction of sp³-hybridized carbons (Fsp3) is 0.500. The first-order valence-electron chi connectivity index (χ1n) is 7.77. The van der Waals surface area contributed by atoms with E-state index >= 15 is 0 Å². The van der Waals surface area contributed by atoms with Crippen molar-refractivity contribution in [3.8, 4) is 0 Å². The highest BCUT2D eigenvalue weighted by Crippen LogP contribution is 2.21. The van der Waals surface area contributed by atoms with Gasteiger partial charge in [0.25, 0.3) is 5.91 Å². The Kier molecular flexibility index (Phi) is 6.72. The van der Waals surface area contributed by atoms with Gasteiger partial charge >= 0.3 is 18.0 Å². The van der Waals surface area contributed by atoms with Gasteiger partial charge in [0.1, 0.15) is 5.69 Å². The number of urea groups is 1. The molecule has 138 valence electrons. The minimum absolute atomic E-state index is 0.139. The summed E-state index contributed by atoms with van der Waals surface area (Å²) in [6.45, 7) is 8.33. The van der Waals surface area contributed by atoms with Gasteiger partial charge < -0.3 is 20.2 Å². The van der Waals surface area contributed by atoms with E-state index in [4.69, 9.17) is 15.2 Å². The highest BCUT2D eigenvalue weighted by atomic mass is 16.5. The largest absolute Gasteiger partial charge is 0.461 e. The summed E-state index contributed by atoms with van der Waals surface area (Å²) in [5.41, 5.74) is 5.97. The molecule has 0 aromatic carbocycles. The van der Waals surface area contributed by atoms with Gasteiger partial charge in [0.15, 0.2) is 6.10 Å². The first kappa shape index (κ1) is 20.2. The fourth-order valence-electron chi connectivity index (χ4n) is 2.32. The number of nitrogens with one attached hydrogen (secondary N) is 2. The molecule has 0 aliphatic rings. The maximum absolute atomic E-state index is 12.5. The van der Waals surface area contributed by atoms with E-state index in [9.17, 15) is 19.2 Å². The lowest BCUT2D eigenvalue weighted by atomic mass is 10.1. The zero-order chi connectivity index (χ0) is 19.3. The number of ether oxygens (including phenoxy) is 2. The molecule has 0 saturated heterocycles. The van der Waals surface area contributed by atoms with Crippen molar-refractivity contribution >= 4 is 23.9 Å². The molecule has 9 nitrogen and oxygen atoms in total. The lowest BCUT2D eigenvalue weighted by molar-refractivity contribution is -0.130. The molecule has 4 N–H and O–H groups in total. The number of hydrogen-bond acceptors (Lipinski definition) is 6. The van der Waals surface area contributed by atoms with Crippen molar-refractivity contribution in [3.63, 3.8) is 0 Å². The lowest BCUT2D eigenvalue weighted by Crippen LogP contribution is -2.45. The van der Waals surface area contributed by atoms with Crippen LogP contribution in [0.1, 0.15) is 52.9 Å². The maximum atomic E-state index is 12.5. The number of imide groups is 1. The van der Waals surface area contributed by atoms with Crippen LogP contribution in [0.15, 0.2) is 0 Å². The minimum atomic E-state index is -1.21. The van der Waals surface area contributed by atoms with Crippen LogP contribution in [0.4, 0.5) is 4.79 Å². The summed E-state index contributed by atoms with van der Waals surface area (Å²) in [7, 11) is 0. The van der Waals surface area contributed by atoms with Crippen molar-refractivity contribution in [2.24, 2.45) is 11.7 Å². The molecule has 1 aromatic heterocycles. The molecular formula is C16H23N3O6. The molecule has 1 aromatic rings. The number of primary amides is 1. The number of aromatic amines is 1. The number of aromatic nitrogens is 1. The molecule has 0 unspecified atom stereocenters. The van der Waals surface area contributed by atoms with Crippen LogP contribution in [0.25, 0.3) is 0 Å².